The van der Waals surface area contributed by atoms with Crippen molar-refractivity contribution in [2.75, 3.05) is 13.2 Å². The van der Waals surface area contributed by atoms with E-state index in [9.17, 15) is 4.79 Å². The van der Waals surface area contributed by atoms with Crippen LogP contribution in [0.2, 0.25) is 0 Å². The quantitative estimate of drug-likeness (QED) is 0.743. The summed E-state index contributed by atoms with van der Waals surface area (Å²) in [7, 11) is 0. The average molecular weight is 256 g/mol. The van der Waals surface area contributed by atoms with E-state index in [1.54, 1.807) is 0 Å². The Kier molecular flexibility index (Phi) is 3.99. The van der Waals surface area contributed by atoms with Gasteiger partial charge >= 0.3 is 0 Å². The van der Waals surface area contributed by atoms with Gasteiger partial charge in [0, 0.05) is 19.3 Å². The molecule has 17 heavy (non-hydrogen) atoms. The molecule has 0 radical (unpaired) electrons. The highest BCUT2D eigenvalue weighted by molar-refractivity contribution is 7.80. The largest absolute Gasteiger partial charge is 0.392 e. The molecule has 1 heterocycles. The molecule has 1 aliphatic heterocycles. The van der Waals surface area contributed by atoms with Crippen LogP contribution in [0.25, 0.3) is 0 Å². The topological polar surface area (TPSA) is 64.4 Å². The number of thiocarbonyl (C=S) groups is 1. The maximum absolute atomic E-state index is 12.4. The Labute approximate surface area is 107 Å². The van der Waals surface area contributed by atoms with Gasteiger partial charge in [-0.1, -0.05) is 25.1 Å². The molecule has 1 amide bonds. The van der Waals surface area contributed by atoms with Gasteiger partial charge in [-0.05, 0) is 25.7 Å². The molecule has 2 rings (SSSR count). The molecule has 0 aromatic heterocycles. The molecule has 5 heteroatoms. The highest BCUT2D eigenvalue weighted by Crippen LogP contribution is 2.38. The summed E-state index contributed by atoms with van der Waals surface area (Å²) in [5, 5.41) is 3.10. The van der Waals surface area contributed by atoms with Gasteiger partial charge in [-0.3, -0.25) is 4.79 Å². The predicted octanol–water partition coefficient (Wildman–Crippen LogP) is 1.13. The van der Waals surface area contributed by atoms with E-state index in [0.29, 0.717) is 4.99 Å². The number of rotatable bonds is 3. The molecule has 0 aromatic rings. The second kappa shape index (κ2) is 5.31. The monoisotopic (exact) mass is 256 g/mol. The van der Waals surface area contributed by atoms with Crippen LogP contribution in [0.4, 0.5) is 0 Å². The molecule has 3 N–H and O–H groups in total. The number of carbonyl (C=O) groups is 1. The van der Waals surface area contributed by atoms with Gasteiger partial charge in [0.15, 0.2) is 0 Å². The SMILES string of the molecule is NC(=S)C1(C(=O)NC2CCOCC2)CCCC1. The summed E-state index contributed by atoms with van der Waals surface area (Å²) in [5.74, 6) is 0.0365. The van der Waals surface area contributed by atoms with E-state index in [4.69, 9.17) is 22.7 Å². The Morgan fingerprint density at radius 3 is 2.41 bits per heavy atom. The zero-order chi connectivity index (χ0) is 12.3. The van der Waals surface area contributed by atoms with Gasteiger partial charge in [-0.25, -0.2) is 0 Å². The van der Waals surface area contributed by atoms with E-state index in [1.807, 2.05) is 0 Å². The van der Waals surface area contributed by atoms with Gasteiger partial charge in [0.25, 0.3) is 0 Å². The van der Waals surface area contributed by atoms with Gasteiger partial charge < -0.3 is 15.8 Å². The highest BCUT2D eigenvalue weighted by atomic mass is 32.1. The molecule has 2 fully saturated rings. The van der Waals surface area contributed by atoms with Crippen LogP contribution in [-0.2, 0) is 9.53 Å². The van der Waals surface area contributed by atoms with Crippen molar-refractivity contribution in [1.29, 1.82) is 0 Å². The van der Waals surface area contributed by atoms with Crippen molar-refractivity contribution < 1.29 is 9.53 Å². The van der Waals surface area contributed by atoms with E-state index in [-0.39, 0.29) is 11.9 Å². The lowest BCUT2D eigenvalue weighted by atomic mass is 9.84. The van der Waals surface area contributed by atoms with Crippen molar-refractivity contribution in [3.05, 3.63) is 0 Å². The number of ether oxygens (including phenoxy) is 1. The molecule has 0 unspecified atom stereocenters. The third-order valence-corrected chi connectivity index (χ3v) is 4.31. The molecule has 1 saturated heterocycles. The summed E-state index contributed by atoms with van der Waals surface area (Å²) in [6, 6.07) is 0.225. The Morgan fingerprint density at radius 2 is 1.88 bits per heavy atom. The van der Waals surface area contributed by atoms with Crippen LogP contribution in [0.5, 0.6) is 0 Å². The minimum absolute atomic E-state index is 0.0365. The van der Waals surface area contributed by atoms with Crippen LogP contribution in [0, 0.1) is 5.41 Å². The first-order valence-corrected chi connectivity index (χ1v) is 6.74. The van der Waals surface area contributed by atoms with Crippen LogP contribution in [0.3, 0.4) is 0 Å². The zero-order valence-electron chi connectivity index (χ0n) is 10.0. The maximum Gasteiger partial charge on any atom is 0.233 e. The summed E-state index contributed by atoms with van der Waals surface area (Å²) in [4.78, 5) is 12.7. The third-order valence-electron chi connectivity index (χ3n) is 3.92. The molecular weight excluding hydrogens is 236 g/mol. The first-order chi connectivity index (χ1) is 8.15. The Morgan fingerprint density at radius 1 is 1.29 bits per heavy atom. The Balaban J connectivity index is 1.99. The Hall–Kier alpha value is -0.680. The second-order valence-corrected chi connectivity index (χ2v) is 5.45. The number of carbonyl (C=O) groups excluding carboxylic acids is 1. The van der Waals surface area contributed by atoms with E-state index in [1.165, 1.54) is 0 Å². The summed E-state index contributed by atoms with van der Waals surface area (Å²) in [5.41, 5.74) is 5.21. The summed E-state index contributed by atoms with van der Waals surface area (Å²) in [6.45, 7) is 1.45. The van der Waals surface area contributed by atoms with Crippen molar-refractivity contribution in [1.82, 2.24) is 5.32 Å². The summed E-state index contributed by atoms with van der Waals surface area (Å²) in [6.07, 6.45) is 5.46. The molecule has 96 valence electrons. The highest BCUT2D eigenvalue weighted by Gasteiger charge is 2.44. The molecule has 1 aliphatic carbocycles. The van der Waals surface area contributed by atoms with E-state index < -0.39 is 5.41 Å². The fourth-order valence-electron chi connectivity index (χ4n) is 2.73. The van der Waals surface area contributed by atoms with E-state index in [0.717, 1.165) is 51.7 Å². The van der Waals surface area contributed by atoms with Crippen LogP contribution >= 0.6 is 12.2 Å². The Bertz CT molecular complexity index is 308. The number of amides is 1. The summed E-state index contributed by atoms with van der Waals surface area (Å²) < 4.78 is 5.28. The fraction of sp³-hybridized carbons (Fsp3) is 0.833. The standard InChI is InChI=1S/C12H20N2O2S/c13-10(17)12(5-1-2-6-12)11(15)14-9-3-7-16-8-4-9/h9H,1-8H2,(H2,13,17)(H,14,15). The third kappa shape index (κ3) is 2.60. The smallest absolute Gasteiger partial charge is 0.233 e. The number of nitrogens with one attached hydrogen (secondary N) is 1. The molecule has 0 bridgehead atoms. The maximum atomic E-state index is 12.4. The average Bonchev–Trinajstić information content (AvgIpc) is 2.80. The molecule has 2 aliphatic rings. The molecule has 1 saturated carbocycles. The molecular formula is C12H20N2O2S. The van der Waals surface area contributed by atoms with Crippen LogP contribution < -0.4 is 11.1 Å². The normalized spacial score (nSPS) is 24.5. The lowest BCUT2D eigenvalue weighted by molar-refractivity contribution is -0.128. The van der Waals surface area contributed by atoms with Crippen molar-refractivity contribution in [2.45, 2.75) is 44.6 Å². The minimum Gasteiger partial charge on any atom is -0.392 e. The number of nitrogens with two attached hydrogens (primary N) is 1. The molecule has 0 aromatic carbocycles. The van der Waals surface area contributed by atoms with Crippen LogP contribution in [-0.4, -0.2) is 30.2 Å². The molecule has 0 atom stereocenters. The van der Waals surface area contributed by atoms with E-state index >= 15 is 0 Å². The van der Waals surface area contributed by atoms with Gasteiger partial charge in [0.05, 0.1) is 10.4 Å². The van der Waals surface area contributed by atoms with Crippen molar-refractivity contribution >= 4 is 23.1 Å². The van der Waals surface area contributed by atoms with Crippen molar-refractivity contribution in [3.63, 3.8) is 0 Å². The number of hydrogen-bond acceptors (Lipinski definition) is 3. The van der Waals surface area contributed by atoms with Gasteiger partial charge in [-0.15, -0.1) is 0 Å². The lowest BCUT2D eigenvalue weighted by Gasteiger charge is -2.30. The molecule has 0 spiro atoms. The fourth-order valence-corrected chi connectivity index (χ4v) is 3.03. The summed E-state index contributed by atoms with van der Waals surface area (Å²) >= 11 is 5.10. The second-order valence-electron chi connectivity index (χ2n) is 5.01. The van der Waals surface area contributed by atoms with Gasteiger partial charge in [0.1, 0.15) is 0 Å². The van der Waals surface area contributed by atoms with Gasteiger partial charge in [-0.2, -0.15) is 0 Å². The minimum atomic E-state index is -0.576. The van der Waals surface area contributed by atoms with E-state index in [2.05, 4.69) is 5.32 Å². The number of hydrogen-bond donors (Lipinski definition) is 2. The first-order valence-electron chi connectivity index (χ1n) is 6.34. The van der Waals surface area contributed by atoms with Crippen LogP contribution in [0.15, 0.2) is 0 Å². The molecule has 4 nitrogen and oxygen atoms in total. The van der Waals surface area contributed by atoms with Gasteiger partial charge in [0.2, 0.25) is 5.91 Å². The predicted molar refractivity (Wildman–Crippen MR) is 69.7 cm³/mol. The zero-order valence-corrected chi connectivity index (χ0v) is 10.9. The lowest BCUT2D eigenvalue weighted by Crippen LogP contribution is -2.51. The first kappa shape index (κ1) is 12.8. The van der Waals surface area contributed by atoms with Crippen molar-refractivity contribution in [2.24, 2.45) is 11.1 Å². The van der Waals surface area contributed by atoms with Crippen LogP contribution in [0.1, 0.15) is 38.5 Å². The van der Waals surface area contributed by atoms with Crippen molar-refractivity contribution in [3.8, 4) is 0 Å².